The average molecular weight is 222 g/mol. The van der Waals surface area contributed by atoms with Gasteiger partial charge in [-0.2, -0.15) is 13.2 Å². The van der Waals surface area contributed by atoms with Gasteiger partial charge in [0.15, 0.2) is 0 Å². The van der Waals surface area contributed by atoms with Gasteiger partial charge >= 0.3 is 6.18 Å². The number of halogens is 4. The molecule has 77 valence electrons. The van der Waals surface area contributed by atoms with E-state index in [-0.39, 0.29) is 10.9 Å². The van der Waals surface area contributed by atoms with Crippen molar-refractivity contribution in [1.29, 1.82) is 0 Å². The zero-order chi connectivity index (χ0) is 10.9. The zero-order valence-corrected chi connectivity index (χ0v) is 8.28. The van der Waals surface area contributed by atoms with Gasteiger partial charge in [-0.3, -0.25) is 0 Å². The highest BCUT2D eigenvalue weighted by Crippen LogP contribution is 2.36. The molecule has 0 amide bonds. The molecule has 1 unspecified atom stereocenters. The first-order valence-corrected chi connectivity index (χ1v) is 4.40. The van der Waals surface area contributed by atoms with Crippen LogP contribution in [-0.2, 0) is 6.18 Å². The molecule has 0 aliphatic heterocycles. The summed E-state index contributed by atoms with van der Waals surface area (Å²) in [6.45, 7) is 5.38. The van der Waals surface area contributed by atoms with E-state index < -0.39 is 11.7 Å². The van der Waals surface area contributed by atoms with Crippen LogP contribution in [0.15, 0.2) is 18.2 Å². The molecule has 0 aromatic heterocycles. The molecule has 0 spiro atoms. The monoisotopic (exact) mass is 221 g/mol. The van der Waals surface area contributed by atoms with Crippen molar-refractivity contribution >= 4 is 11.6 Å². The Balaban J connectivity index is 3.22. The zero-order valence-electron chi connectivity index (χ0n) is 7.53. The topological polar surface area (TPSA) is 0 Å². The average Bonchev–Trinajstić information content (AvgIpc) is 2.02. The molecule has 0 fully saturated rings. The molecule has 0 nitrogen and oxygen atoms in total. The van der Waals surface area contributed by atoms with Crippen LogP contribution in [-0.4, -0.2) is 0 Å². The molecule has 0 saturated heterocycles. The van der Waals surface area contributed by atoms with Gasteiger partial charge in [0.1, 0.15) is 0 Å². The smallest absolute Gasteiger partial charge is 0.166 e. The van der Waals surface area contributed by atoms with Crippen molar-refractivity contribution in [3.63, 3.8) is 0 Å². The maximum absolute atomic E-state index is 12.4. The predicted molar refractivity (Wildman–Crippen MR) is 50.2 cm³/mol. The molecule has 0 heterocycles. The predicted octanol–water partition coefficient (Wildman–Crippen LogP) is 4.30. The Bertz CT molecular complexity index is 329. The summed E-state index contributed by atoms with van der Waals surface area (Å²) in [4.78, 5) is 0. The minimum absolute atomic E-state index is 0.187. The fraction of sp³-hybridized carbons (Fsp3) is 0.300. The van der Waals surface area contributed by atoms with E-state index in [1.165, 1.54) is 6.07 Å². The summed E-state index contributed by atoms with van der Waals surface area (Å²) in [5.74, 6) is -0.187. The molecule has 0 N–H and O–H groups in total. The fourth-order valence-corrected chi connectivity index (χ4v) is 1.29. The molecular formula is C10H9ClF3. The molecule has 0 bridgehead atoms. The van der Waals surface area contributed by atoms with Crippen LogP contribution in [0.1, 0.15) is 24.0 Å². The van der Waals surface area contributed by atoms with Gasteiger partial charge in [-0.05, 0) is 30.5 Å². The highest BCUT2D eigenvalue weighted by molar-refractivity contribution is 6.31. The first-order valence-electron chi connectivity index (χ1n) is 4.02. The third kappa shape index (κ3) is 2.41. The van der Waals surface area contributed by atoms with Gasteiger partial charge in [0, 0.05) is 0 Å². The first kappa shape index (κ1) is 11.4. The van der Waals surface area contributed by atoms with Crippen LogP contribution in [0, 0.1) is 6.92 Å². The molecule has 1 radical (unpaired) electrons. The van der Waals surface area contributed by atoms with E-state index in [0.29, 0.717) is 5.56 Å². The lowest BCUT2D eigenvalue weighted by molar-refractivity contribution is -0.137. The van der Waals surface area contributed by atoms with Crippen LogP contribution in [0.4, 0.5) is 13.2 Å². The third-order valence-corrected chi connectivity index (χ3v) is 2.19. The Labute approximate surface area is 85.7 Å². The lowest BCUT2D eigenvalue weighted by Crippen LogP contribution is -2.06. The summed E-state index contributed by atoms with van der Waals surface area (Å²) in [6, 6.07) is 3.84. The van der Waals surface area contributed by atoms with Crippen LogP contribution in [0.2, 0.25) is 5.02 Å². The quantitative estimate of drug-likeness (QED) is 0.663. The van der Waals surface area contributed by atoms with Gasteiger partial charge in [0.05, 0.1) is 10.6 Å². The van der Waals surface area contributed by atoms with Gasteiger partial charge in [-0.25, -0.2) is 0 Å². The van der Waals surface area contributed by atoms with E-state index >= 15 is 0 Å². The van der Waals surface area contributed by atoms with E-state index in [4.69, 9.17) is 11.6 Å². The second kappa shape index (κ2) is 3.81. The lowest BCUT2D eigenvalue weighted by atomic mass is 10.0. The van der Waals surface area contributed by atoms with Crippen molar-refractivity contribution in [3.05, 3.63) is 41.3 Å². The van der Waals surface area contributed by atoms with Crippen molar-refractivity contribution < 1.29 is 13.2 Å². The summed E-state index contributed by atoms with van der Waals surface area (Å²) in [5.41, 5.74) is -0.270. The minimum atomic E-state index is -4.40. The van der Waals surface area contributed by atoms with Gasteiger partial charge in [0.2, 0.25) is 0 Å². The largest absolute Gasteiger partial charge is 0.417 e. The summed E-state index contributed by atoms with van der Waals surface area (Å²) in [7, 11) is 0. The highest BCUT2D eigenvalue weighted by Gasteiger charge is 2.33. The van der Waals surface area contributed by atoms with Crippen LogP contribution in [0.3, 0.4) is 0 Å². The molecule has 1 aromatic carbocycles. The lowest BCUT2D eigenvalue weighted by Gasteiger charge is -2.12. The van der Waals surface area contributed by atoms with Gasteiger partial charge in [-0.1, -0.05) is 24.6 Å². The normalized spacial score (nSPS) is 12.2. The summed E-state index contributed by atoms with van der Waals surface area (Å²) in [6.07, 6.45) is -4.40. The van der Waals surface area contributed by atoms with Crippen molar-refractivity contribution in [1.82, 2.24) is 0 Å². The van der Waals surface area contributed by atoms with E-state index in [1.807, 2.05) is 0 Å². The maximum Gasteiger partial charge on any atom is 0.417 e. The van der Waals surface area contributed by atoms with E-state index in [1.54, 1.807) is 13.0 Å². The maximum atomic E-state index is 12.4. The Hall–Kier alpha value is -0.700. The summed E-state index contributed by atoms with van der Waals surface area (Å²) < 4.78 is 37.2. The molecule has 1 rings (SSSR count). The molecule has 0 aliphatic rings. The molecule has 1 atom stereocenters. The molecule has 4 heteroatoms. The molecular weight excluding hydrogens is 213 g/mol. The van der Waals surface area contributed by atoms with Crippen LogP contribution < -0.4 is 0 Å². The van der Waals surface area contributed by atoms with Crippen LogP contribution >= 0.6 is 11.6 Å². The summed E-state index contributed by atoms with van der Waals surface area (Å²) in [5, 5.41) is -0.276. The third-order valence-electron chi connectivity index (χ3n) is 1.86. The second-order valence-electron chi connectivity index (χ2n) is 3.14. The number of alkyl halides is 3. The number of hydrogen-bond acceptors (Lipinski definition) is 0. The Morgan fingerprint density at radius 1 is 1.36 bits per heavy atom. The first-order chi connectivity index (χ1) is 6.32. The van der Waals surface area contributed by atoms with E-state index in [2.05, 4.69) is 6.92 Å². The van der Waals surface area contributed by atoms with Crippen molar-refractivity contribution in [2.24, 2.45) is 0 Å². The van der Waals surface area contributed by atoms with E-state index in [0.717, 1.165) is 6.07 Å². The Morgan fingerprint density at radius 2 is 1.93 bits per heavy atom. The van der Waals surface area contributed by atoms with Crippen molar-refractivity contribution in [2.75, 3.05) is 0 Å². The van der Waals surface area contributed by atoms with Crippen LogP contribution in [0.25, 0.3) is 0 Å². The van der Waals surface area contributed by atoms with Gasteiger partial charge in [0.25, 0.3) is 0 Å². The number of benzene rings is 1. The standard InChI is InChI=1S/C10H9ClF3/c1-6(2)7-3-4-9(11)8(5-7)10(12,13)14/h3-6H,1H2,2H3. The summed E-state index contributed by atoms with van der Waals surface area (Å²) >= 11 is 5.45. The fourth-order valence-electron chi connectivity index (χ4n) is 1.07. The van der Waals surface area contributed by atoms with Crippen LogP contribution in [0.5, 0.6) is 0 Å². The molecule has 1 aromatic rings. The Morgan fingerprint density at radius 3 is 2.36 bits per heavy atom. The highest BCUT2D eigenvalue weighted by atomic mass is 35.5. The number of hydrogen-bond donors (Lipinski definition) is 0. The number of rotatable bonds is 1. The minimum Gasteiger partial charge on any atom is -0.166 e. The van der Waals surface area contributed by atoms with Gasteiger partial charge in [-0.15, -0.1) is 0 Å². The SMILES string of the molecule is [CH2]C(C)c1ccc(Cl)c(C(F)(F)F)c1. The molecule has 0 aliphatic carbocycles. The van der Waals surface area contributed by atoms with Gasteiger partial charge < -0.3 is 0 Å². The molecule has 0 saturated carbocycles. The van der Waals surface area contributed by atoms with Crippen molar-refractivity contribution in [3.8, 4) is 0 Å². The van der Waals surface area contributed by atoms with E-state index in [9.17, 15) is 13.2 Å². The van der Waals surface area contributed by atoms with Crippen molar-refractivity contribution in [2.45, 2.75) is 19.0 Å². The Kier molecular flexibility index (Phi) is 3.10. The molecule has 14 heavy (non-hydrogen) atoms. The second-order valence-corrected chi connectivity index (χ2v) is 3.55.